The molecule has 6 nitrogen and oxygen atoms in total. The minimum atomic E-state index is -0.659. The summed E-state index contributed by atoms with van der Waals surface area (Å²) in [4.78, 5) is 14.8. The number of halogens is 3. The Morgan fingerprint density at radius 1 is 1.11 bits per heavy atom. The third-order valence-electron chi connectivity index (χ3n) is 6.09. The van der Waals surface area contributed by atoms with E-state index in [1.54, 1.807) is 34.7 Å². The topological polar surface area (TPSA) is 73.4 Å². The van der Waals surface area contributed by atoms with Gasteiger partial charge in [0.15, 0.2) is 6.23 Å². The van der Waals surface area contributed by atoms with Crippen LogP contribution in [0.5, 0.6) is 0 Å². The van der Waals surface area contributed by atoms with Gasteiger partial charge in [0, 0.05) is 39.1 Å². The summed E-state index contributed by atoms with van der Waals surface area (Å²) >= 11 is 9.62. The fourth-order valence-electron chi connectivity index (χ4n) is 4.34. The summed E-state index contributed by atoms with van der Waals surface area (Å²) < 4.78 is 22.5. The van der Waals surface area contributed by atoms with Gasteiger partial charge in [-0.05, 0) is 85.6 Å². The first-order valence-electron chi connectivity index (χ1n) is 11.4. The summed E-state index contributed by atoms with van der Waals surface area (Å²) in [6, 6.07) is 19.2. The van der Waals surface area contributed by atoms with Crippen molar-refractivity contribution in [3.63, 3.8) is 0 Å². The molecule has 0 unspecified atom stereocenters. The maximum absolute atomic E-state index is 13.7. The molecule has 1 amide bonds. The average molecular weight is 570 g/mol. The normalized spacial score (nSPS) is 17.7. The fraction of sp³-hybridized carbons (Fsp3) is 0.185. The van der Waals surface area contributed by atoms with Gasteiger partial charge in [-0.3, -0.25) is 4.79 Å². The van der Waals surface area contributed by atoms with E-state index >= 15 is 0 Å². The van der Waals surface area contributed by atoms with Gasteiger partial charge in [-0.1, -0.05) is 27.5 Å². The Kier molecular flexibility index (Phi) is 6.83. The Labute approximate surface area is 221 Å². The number of rotatable bonds is 6. The van der Waals surface area contributed by atoms with Crippen LogP contribution >= 0.6 is 27.5 Å². The Morgan fingerprint density at radius 2 is 1.83 bits per heavy atom. The number of hydrogen-bond acceptors (Lipinski definition) is 4. The third kappa shape index (κ3) is 5.02. The molecule has 0 spiro atoms. The standard InChI is InChI=1S/C27H23BrClFN4O2/c1-16-26(35)33(11-10-17-12-20(29)14-22(31)13-17)27(36-16)24-15-34(23-8-4-19(28)5-9-23)32-25(24)18-2-6-21(30)7-3-18/h2-9,12-16,27H,10-11,31H2,1H3/t16-,27-/m0/s1. The van der Waals surface area contributed by atoms with Crippen LogP contribution in [0, 0.1) is 5.82 Å². The highest BCUT2D eigenvalue weighted by atomic mass is 79.9. The summed E-state index contributed by atoms with van der Waals surface area (Å²) in [5, 5.41) is 5.36. The van der Waals surface area contributed by atoms with Crippen LogP contribution < -0.4 is 5.73 Å². The number of carbonyl (C=O) groups is 1. The first-order valence-corrected chi connectivity index (χ1v) is 12.6. The van der Waals surface area contributed by atoms with Crippen LogP contribution in [-0.4, -0.2) is 33.2 Å². The average Bonchev–Trinajstić information content (AvgIpc) is 3.39. The predicted octanol–water partition coefficient (Wildman–Crippen LogP) is 6.17. The minimum absolute atomic E-state index is 0.114. The van der Waals surface area contributed by atoms with Crippen LogP contribution in [0.1, 0.15) is 24.3 Å². The van der Waals surface area contributed by atoms with Gasteiger partial charge in [-0.2, -0.15) is 5.10 Å². The van der Waals surface area contributed by atoms with E-state index in [-0.39, 0.29) is 11.7 Å². The van der Waals surface area contributed by atoms with Gasteiger partial charge in [0.2, 0.25) is 0 Å². The first-order chi connectivity index (χ1) is 17.3. The highest BCUT2D eigenvalue weighted by molar-refractivity contribution is 9.10. The zero-order chi connectivity index (χ0) is 25.4. The smallest absolute Gasteiger partial charge is 0.253 e. The first kappa shape index (κ1) is 24.5. The molecule has 1 aliphatic heterocycles. The van der Waals surface area contributed by atoms with Crippen LogP contribution in [0.3, 0.4) is 0 Å². The molecule has 2 heterocycles. The summed E-state index contributed by atoms with van der Waals surface area (Å²) in [5.41, 5.74) is 10.3. The van der Waals surface area contributed by atoms with Crippen molar-refractivity contribution in [3.05, 3.63) is 99.4 Å². The lowest BCUT2D eigenvalue weighted by Crippen LogP contribution is -2.32. The van der Waals surface area contributed by atoms with Crippen LogP contribution in [0.2, 0.25) is 5.02 Å². The van der Waals surface area contributed by atoms with Gasteiger partial charge >= 0.3 is 0 Å². The number of carbonyl (C=O) groups excluding carboxylic acids is 1. The lowest BCUT2D eigenvalue weighted by molar-refractivity contribution is -0.130. The second kappa shape index (κ2) is 10.0. The zero-order valence-electron chi connectivity index (χ0n) is 19.4. The van der Waals surface area contributed by atoms with Crippen molar-refractivity contribution in [2.45, 2.75) is 25.7 Å². The van der Waals surface area contributed by atoms with Gasteiger partial charge < -0.3 is 15.4 Å². The number of nitrogens with two attached hydrogens (primary N) is 1. The van der Waals surface area contributed by atoms with E-state index in [0.717, 1.165) is 21.3 Å². The van der Waals surface area contributed by atoms with Crippen molar-refractivity contribution < 1.29 is 13.9 Å². The second-order valence-corrected chi connectivity index (χ2v) is 10.0. The van der Waals surface area contributed by atoms with Crippen molar-refractivity contribution in [1.82, 2.24) is 14.7 Å². The number of nitrogens with zero attached hydrogens (tertiary/aromatic N) is 3. The minimum Gasteiger partial charge on any atom is -0.399 e. The van der Waals surface area contributed by atoms with Gasteiger partial charge in [-0.15, -0.1) is 0 Å². The third-order valence-corrected chi connectivity index (χ3v) is 6.83. The van der Waals surface area contributed by atoms with Crippen molar-refractivity contribution in [2.24, 2.45) is 0 Å². The van der Waals surface area contributed by atoms with E-state index in [9.17, 15) is 9.18 Å². The van der Waals surface area contributed by atoms with E-state index in [2.05, 4.69) is 15.9 Å². The highest BCUT2D eigenvalue weighted by Gasteiger charge is 2.40. The molecule has 0 bridgehead atoms. The molecule has 2 atom stereocenters. The van der Waals surface area contributed by atoms with Gasteiger partial charge in [0.05, 0.1) is 5.69 Å². The molecule has 4 aromatic rings. The van der Waals surface area contributed by atoms with Gasteiger partial charge in [0.25, 0.3) is 5.91 Å². The molecule has 3 aromatic carbocycles. The van der Waals surface area contributed by atoms with Gasteiger partial charge in [0.1, 0.15) is 17.6 Å². The molecule has 5 rings (SSSR count). The molecular weight excluding hydrogens is 547 g/mol. The molecule has 0 saturated carbocycles. The largest absolute Gasteiger partial charge is 0.399 e. The predicted molar refractivity (Wildman–Crippen MR) is 141 cm³/mol. The summed E-state index contributed by atoms with van der Waals surface area (Å²) in [5.74, 6) is -0.451. The monoisotopic (exact) mass is 568 g/mol. The molecular formula is C27H23BrClFN4O2. The van der Waals surface area contributed by atoms with E-state index in [1.165, 1.54) is 12.1 Å². The van der Waals surface area contributed by atoms with E-state index in [4.69, 9.17) is 27.2 Å². The SMILES string of the molecule is C[C@@H]1O[C@@H](c2cn(-c3ccc(Br)cc3)nc2-c2ccc(F)cc2)N(CCc2cc(N)cc(Cl)c2)C1=O. The number of hydrogen-bond donors (Lipinski definition) is 1. The van der Waals surface area contributed by atoms with Crippen LogP contribution in [-0.2, 0) is 16.0 Å². The maximum atomic E-state index is 13.7. The molecule has 1 fully saturated rings. The summed E-state index contributed by atoms with van der Waals surface area (Å²) in [6.07, 6.45) is 1.14. The Bertz CT molecular complexity index is 1390. The summed E-state index contributed by atoms with van der Waals surface area (Å²) in [6.45, 7) is 2.14. The van der Waals surface area contributed by atoms with Crippen LogP contribution in [0.15, 0.2) is 77.4 Å². The van der Waals surface area contributed by atoms with Crippen LogP contribution in [0.25, 0.3) is 16.9 Å². The van der Waals surface area contributed by atoms with Gasteiger partial charge in [-0.25, -0.2) is 9.07 Å². The van der Waals surface area contributed by atoms with Crippen molar-refractivity contribution in [2.75, 3.05) is 12.3 Å². The lowest BCUT2D eigenvalue weighted by atomic mass is 10.1. The Hall–Kier alpha value is -3.20. The maximum Gasteiger partial charge on any atom is 0.253 e. The lowest BCUT2D eigenvalue weighted by Gasteiger charge is -2.23. The second-order valence-electron chi connectivity index (χ2n) is 8.67. The Balaban J connectivity index is 1.53. The van der Waals surface area contributed by atoms with Crippen LogP contribution in [0.4, 0.5) is 10.1 Å². The zero-order valence-corrected chi connectivity index (χ0v) is 21.7. The quantitative estimate of drug-likeness (QED) is 0.282. The molecule has 1 saturated heterocycles. The molecule has 1 aliphatic rings. The molecule has 36 heavy (non-hydrogen) atoms. The fourth-order valence-corrected chi connectivity index (χ4v) is 4.87. The molecule has 184 valence electrons. The molecule has 2 N–H and O–H groups in total. The van der Waals surface area contributed by atoms with E-state index in [1.807, 2.05) is 42.6 Å². The number of ether oxygens (including phenoxy) is 1. The van der Waals surface area contributed by atoms with Crippen molar-refractivity contribution in [1.29, 1.82) is 0 Å². The number of nitrogen functional groups attached to an aromatic ring is 1. The molecule has 1 aromatic heterocycles. The van der Waals surface area contributed by atoms with E-state index < -0.39 is 12.3 Å². The molecule has 0 radical (unpaired) electrons. The van der Waals surface area contributed by atoms with Crippen molar-refractivity contribution in [3.8, 4) is 16.9 Å². The van der Waals surface area contributed by atoms with E-state index in [0.29, 0.717) is 34.9 Å². The number of aromatic nitrogens is 2. The highest BCUT2D eigenvalue weighted by Crippen LogP contribution is 2.37. The number of anilines is 1. The Morgan fingerprint density at radius 3 is 2.53 bits per heavy atom. The number of amides is 1. The summed E-state index contributed by atoms with van der Waals surface area (Å²) in [7, 11) is 0. The van der Waals surface area contributed by atoms with Crippen molar-refractivity contribution >= 4 is 39.1 Å². The molecule has 9 heteroatoms. The number of benzene rings is 3. The molecule has 0 aliphatic carbocycles.